The van der Waals surface area contributed by atoms with E-state index in [1.165, 1.54) is 6.07 Å². The van der Waals surface area contributed by atoms with Crippen molar-refractivity contribution < 1.29 is 13.9 Å². The van der Waals surface area contributed by atoms with Gasteiger partial charge < -0.3 is 20.1 Å². The molecule has 0 radical (unpaired) electrons. The molecule has 2 fully saturated rings. The highest BCUT2D eigenvalue weighted by Gasteiger charge is 2.22. The summed E-state index contributed by atoms with van der Waals surface area (Å²) in [4.78, 5) is 2.13. The first-order valence-electron chi connectivity index (χ1n) is 7.77. The topological polar surface area (TPSA) is 47.7 Å². The number of ether oxygens (including phenoxy) is 2. The van der Waals surface area contributed by atoms with Gasteiger partial charge in [0.1, 0.15) is 18.2 Å². The summed E-state index contributed by atoms with van der Waals surface area (Å²) in [6.07, 6.45) is 4.34. The Morgan fingerprint density at radius 1 is 1.33 bits per heavy atom. The third kappa shape index (κ3) is 3.66. The van der Waals surface area contributed by atoms with Gasteiger partial charge in [0.25, 0.3) is 0 Å². The lowest BCUT2D eigenvalue weighted by Crippen LogP contribution is -2.43. The Bertz CT molecular complexity index is 477. The zero-order valence-electron chi connectivity index (χ0n) is 12.3. The highest BCUT2D eigenvalue weighted by atomic mass is 19.1. The first kappa shape index (κ1) is 14.6. The van der Waals surface area contributed by atoms with Gasteiger partial charge in [0, 0.05) is 31.8 Å². The van der Waals surface area contributed by atoms with Crippen molar-refractivity contribution in [3.63, 3.8) is 0 Å². The predicted octanol–water partition coefficient (Wildman–Crippen LogP) is 2.31. The summed E-state index contributed by atoms with van der Waals surface area (Å²) >= 11 is 0. The van der Waals surface area contributed by atoms with Crippen molar-refractivity contribution in [1.29, 1.82) is 0 Å². The maximum absolute atomic E-state index is 13.6. The van der Waals surface area contributed by atoms with Crippen LogP contribution in [0, 0.1) is 5.82 Å². The first-order valence-corrected chi connectivity index (χ1v) is 7.77. The summed E-state index contributed by atoms with van der Waals surface area (Å²) in [7, 11) is 0. The molecule has 0 saturated carbocycles. The molecular weight excluding hydrogens is 271 g/mol. The van der Waals surface area contributed by atoms with Gasteiger partial charge in [-0.1, -0.05) is 0 Å². The number of hydrogen-bond donors (Lipinski definition) is 1. The van der Waals surface area contributed by atoms with Crippen LogP contribution in [0.1, 0.15) is 25.7 Å². The third-order valence-corrected chi connectivity index (χ3v) is 4.17. The average molecular weight is 294 g/mol. The van der Waals surface area contributed by atoms with Crippen molar-refractivity contribution >= 4 is 5.69 Å². The SMILES string of the molecule is NC1CCCN(c2cc(F)ccc2OCC2CCCO2)C1. The largest absolute Gasteiger partial charge is 0.489 e. The van der Waals surface area contributed by atoms with E-state index in [2.05, 4.69) is 4.90 Å². The van der Waals surface area contributed by atoms with E-state index in [4.69, 9.17) is 15.2 Å². The lowest BCUT2D eigenvalue weighted by Gasteiger charge is -2.33. The van der Waals surface area contributed by atoms with Gasteiger partial charge in [-0.3, -0.25) is 0 Å². The monoisotopic (exact) mass is 294 g/mol. The number of nitrogens with two attached hydrogens (primary N) is 1. The lowest BCUT2D eigenvalue weighted by atomic mass is 10.1. The number of halogens is 1. The number of benzene rings is 1. The third-order valence-electron chi connectivity index (χ3n) is 4.17. The molecule has 2 atom stereocenters. The molecule has 5 heteroatoms. The molecule has 1 aromatic rings. The second-order valence-electron chi connectivity index (χ2n) is 5.91. The summed E-state index contributed by atoms with van der Waals surface area (Å²) in [6.45, 7) is 2.98. The zero-order chi connectivity index (χ0) is 14.7. The average Bonchev–Trinajstić information content (AvgIpc) is 2.99. The molecule has 2 heterocycles. The van der Waals surface area contributed by atoms with Gasteiger partial charge in [-0.15, -0.1) is 0 Å². The van der Waals surface area contributed by atoms with E-state index >= 15 is 0 Å². The summed E-state index contributed by atoms with van der Waals surface area (Å²) in [5.74, 6) is 0.481. The summed E-state index contributed by atoms with van der Waals surface area (Å²) in [5, 5.41) is 0. The maximum atomic E-state index is 13.6. The molecule has 0 amide bonds. The van der Waals surface area contributed by atoms with Crippen LogP contribution < -0.4 is 15.4 Å². The number of rotatable bonds is 4. The van der Waals surface area contributed by atoms with E-state index in [-0.39, 0.29) is 18.0 Å². The molecule has 116 valence electrons. The minimum atomic E-state index is -0.242. The molecule has 2 N–H and O–H groups in total. The Kier molecular flexibility index (Phi) is 4.60. The molecule has 1 aromatic carbocycles. The molecule has 0 aliphatic carbocycles. The maximum Gasteiger partial charge on any atom is 0.142 e. The van der Waals surface area contributed by atoms with E-state index in [1.807, 2.05) is 0 Å². The summed E-state index contributed by atoms with van der Waals surface area (Å²) < 4.78 is 25.1. The molecule has 0 spiro atoms. The Hall–Kier alpha value is -1.33. The standard InChI is InChI=1S/C16H23FN2O2/c17-12-5-6-16(21-11-14-4-2-8-20-14)15(9-12)19-7-1-3-13(18)10-19/h5-6,9,13-14H,1-4,7-8,10-11,18H2. The molecule has 2 saturated heterocycles. The second-order valence-corrected chi connectivity index (χ2v) is 5.91. The van der Waals surface area contributed by atoms with Gasteiger partial charge in [0.2, 0.25) is 0 Å². The Morgan fingerprint density at radius 3 is 3.00 bits per heavy atom. The Morgan fingerprint density at radius 2 is 2.24 bits per heavy atom. The van der Waals surface area contributed by atoms with E-state index in [9.17, 15) is 4.39 Å². The fourth-order valence-corrected chi connectivity index (χ4v) is 3.05. The van der Waals surface area contributed by atoms with Crippen LogP contribution in [-0.2, 0) is 4.74 Å². The quantitative estimate of drug-likeness (QED) is 0.926. The van der Waals surface area contributed by atoms with Crippen molar-refractivity contribution in [1.82, 2.24) is 0 Å². The van der Waals surface area contributed by atoms with Gasteiger partial charge in [-0.05, 0) is 37.8 Å². The van der Waals surface area contributed by atoms with Crippen LogP contribution in [0.5, 0.6) is 5.75 Å². The van der Waals surface area contributed by atoms with E-state index in [0.29, 0.717) is 6.61 Å². The summed E-state index contributed by atoms with van der Waals surface area (Å²) in [6, 6.07) is 4.84. The number of nitrogens with zero attached hydrogens (tertiary/aromatic N) is 1. The van der Waals surface area contributed by atoms with Crippen molar-refractivity contribution in [3.8, 4) is 5.75 Å². The molecule has 4 nitrogen and oxygen atoms in total. The van der Waals surface area contributed by atoms with Crippen LogP contribution in [0.25, 0.3) is 0 Å². The van der Waals surface area contributed by atoms with Gasteiger partial charge in [-0.25, -0.2) is 4.39 Å². The predicted molar refractivity (Wildman–Crippen MR) is 80.3 cm³/mol. The highest BCUT2D eigenvalue weighted by molar-refractivity contribution is 5.59. The molecular formula is C16H23FN2O2. The highest BCUT2D eigenvalue weighted by Crippen LogP contribution is 2.31. The lowest BCUT2D eigenvalue weighted by molar-refractivity contribution is 0.0680. The Labute approximate surface area is 125 Å². The van der Waals surface area contributed by atoms with E-state index < -0.39 is 0 Å². The van der Waals surface area contributed by atoms with Gasteiger partial charge in [0.15, 0.2) is 0 Å². The van der Waals surface area contributed by atoms with Gasteiger partial charge in [-0.2, -0.15) is 0 Å². The number of anilines is 1. The van der Waals surface area contributed by atoms with Gasteiger partial charge >= 0.3 is 0 Å². The van der Waals surface area contributed by atoms with Crippen molar-refractivity contribution in [3.05, 3.63) is 24.0 Å². The van der Waals surface area contributed by atoms with Crippen LogP contribution in [0.3, 0.4) is 0 Å². The normalized spacial score (nSPS) is 26.1. The molecule has 2 aliphatic rings. The van der Waals surface area contributed by atoms with Crippen LogP contribution in [0.4, 0.5) is 10.1 Å². The van der Waals surface area contributed by atoms with Crippen LogP contribution in [0.15, 0.2) is 18.2 Å². The molecule has 21 heavy (non-hydrogen) atoms. The molecule has 0 aromatic heterocycles. The number of hydrogen-bond acceptors (Lipinski definition) is 4. The fourth-order valence-electron chi connectivity index (χ4n) is 3.05. The minimum Gasteiger partial charge on any atom is -0.489 e. The van der Waals surface area contributed by atoms with Crippen molar-refractivity contribution in [2.24, 2.45) is 5.73 Å². The van der Waals surface area contributed by atoms with Crippen molar-refractivity contribution in [2.45, 2.75) is 37.8 Å². The van der Waals surface area contributed by atoms with E-state index in [1.54, 1.807) is 12.1 Å². The van der Waals surface area contributed by atoms with E-state index in [0.717, 1.165) is 56.8 Å². The molecule has 0 bridgehead atoms. The fraction of sp³-hybridized carbons (Fsp3) is 0.625. The first-order chi connectivity index (χ1) is 10.2. The minimum absolute atomic E-state index is 0.146. The van der Waals surface area contributed by atoms with Crippen LogP contribution in [0.2, 0.25) is 0 Å². The molecule has 3 rings (SSSR count). The number of piperidine rings is 1. The van der Waals surface area contributed by atoms with Gasteiger partial charge in [0.05, 0.1) is 11.8 Å². The van der Waals surface area contributed by atoms with Crippen LogP contribution >= 0.6 is 0 Å². The summed E-state index contributed by atoms with van der Waals surface area (Å²) in [5.41, 5.74) is 6.84. The molecule has 2 aliphatic heterocycles. The smallest absolute Gasteiger partial charge is 0.142 e. The zero-order valence-corrected chi connectivity index (χ0v) is 12.3. The second kappa shape index (κ2) is 6.62. The Balaban J connectivity index is 1.72. The van der Waals surface area contributed by atoms with Crippen LogP contribution in [-0.4, -0.2) is 38.4 Å². The molecule has 2 unspecified atom stereocenters. The van der Waals surface area contributed by atoms with Crippen molar-refractivity contribution in [2.75, 3.05) is 31.2 Å².